The predicted octanol–water partition coefficient (Wildman–Crippen LogP) is 2.71. The summed E-state index contributed by atoms with van der Waals surface area (Å²) in [6.45, 7) is 2.66. The smallest absolute Gasteiger partial charge is 0.224 e. The van der Waals surface area contributed by atoms with E-state index in [0.29, 0.717) is 12.5 Å². The first-order valence-electron chi connectivity index (χ1n) is 9.52. The number of nitrogens with zero attached hydrogens (tertiary/aromatic N) is 1. The van der Waals surface area contributed by atoms with Gasteiger partial charge < -0.3 is 10.4 Å². The number of benzene rings is 1. The molecule has 1 atom stereocenters. The Morgan fingerprint density at radius 3 is 2.76 bits per heavy atom. The third kappa shape index (κ3) is 5.25. The second kappa shape index (κ2) is 8.77. The fraction of sp³-hybridized carbons (Fsp3) is 0.650. The number of carbonyl (C=O) groups is 1. The summed E-state index contributed by atoms with van der Waals surface area (Å²) < 4.78 is 13.3. The van der Waals surface area contributed by atoms with Gasteiger partial charge in [0.2, 0.25) is 5.91 Å². The largest absolute Gasteiger partial charge is 0.396 e. The molecule has 1 aromatic carbocycles. The van der Waals surface area contributed by atoms with E-state index in [9.17, 15) is 14.3 Å². The normalized spacial score (nSPS) is 27.8. The summed E-state index contributed by atoms with van der Waals surface area (Å²) in [6, 6.07) is 6.97. The lowest BCUT2D eigenvalue weighted by Crippen LogP contribution is -2.46. The zero-order valence-electron chi connectivity index (χ0n) is 14.8. The second-order valence-electron chi connectivity index (χ2n) is 7.61. The van der Waals surface area contributed by atoms with Gasteiger partial charge in [0.05, 0.1) is 5.92 Å². The molecule has 2 aliphatic rings. The highest BCUT2D eigenvalue weighted by molar-refractivity contribution is 5.79. The number of likely N-dealkylation sites (tertiary alicyclic amines) is 1. The second-order valence-corrected chi connectivity index (χ2v) is 7.61. The van der Waals surface area contributed by atoms with Crippen LogP contribution in [-0.4, -0.2) is 41.7 Å². The Balaban J connectivity index is 1.48. The standard InChI is InChI=1S/C20H29FN2O2/c21-18-5-1-3-16(11-18)12-23-10-2-4-17(13-23)20(25)22-19-8-6-15(14-24)7-9-19/h1,3,5,11,15,17,19,24H,2,4,6-10,12-14H2,(H,22,25). The van der Waals surface area contributed by atoms with Crippen LogP contribution >= 0.6 is 0 Å². The van der Waals surface area contributed by atoms with Gasteiger partial charge in [-0.25, -0.2) is 4.39 Å². The Kier molecular flexibility index (Phi) is 6.43. The van der Waals surface area contributed by atoms with Gasteiger partial charge in [0.15, 0.2) is 0 Å². The molecule has 1 saturated heterocycles. The summed E-state index contributed by atoms with van der Waals surface area (Å²) in [5.74, 6) is 0.390. The lowest BCUT2D eigenvalue weighted by Gasteiger charge is -2.34. The van der Waals surface area contributed by atoms with Crippen molar-refractivity contribution in [2.75, 3.05) is 19.7 Å². The monoisotopic (exact) mass is 348 g/mol. The molecule has 4 nitrogen and oxygen atoms in total. The lowest BCUT2D eigenvalue weighted by molar-refractivity contribution is -0.127. The van der Waals surface area contributed by atoms with E-state index in [1.54, 1.807) is 12.1 Å². The van der Waals surface area contributed by atoms with Crippen molar-refractivity contribution in [1.82, 2.24) is 10.2 Å². The quantitative estimate of drug-likeness (QED) is 0.860. The van der Waals surface area contributed by atoms with E-state index in [1.165, 1.54) is 6.07 Å². The molecule has 138 valence electrons. The zero-order valence-corrected chi connectivity index (χ0v) is 14.8. The molecule has 0 bridgehead atoms. The fourth-order valence-electron chi connectivity index (χ4n) is 4.12. The number of rotatable bonds is 5. The third-order valence-electron chi connectivity index (χ3n) is 5.62. The fourth-order valence-corrected chi connectivity index (χ4v) is 4.12. The van der Waals surface area contributed by atoms with Gasteiger partial charge >= 0.3 is 0 Å². The molecule has 1 heterocycles. The molecular formula is C20H29FN2O2. The summed E-state index contributed by atoms with van der Waals surface area (Å²) in [4.78, 5) is 14.9. The Morgan fingerprint density at radius 2 is 2.04 bits per heavy atom. The minimum atomic E-state index is -0.206. The van der Waals surface area contributed by atoms with Crippen LogP contribution in [0.3, 0.4) is 0 Å². The topological polar surface area (TPSA) is 52.6 Å². The maximum absolute atomic E-state index is 13.3. The Hall–Kier alpha value is -1.46. The summed E-state index contributed by atoms with van der Waals surface area (Å²) in [6.07, 6.45) is 5.87. The summed E-state index contributed by atoms with van der Waals surface area (Å²) in [5.41, 5.74) is 0.961. The van der Waals surface area contributed by atoms with Gasteiger partial charge in [0.25, 0.3) is 0 Å². The molecule has 25 heavy (non-hydrogen) atoms. The maximum Gasteiger partial charge on any atom is 0.224 e. The van der Waals surface area contributed by atoms with Crippen LogP contribution in [0.4, 0.5) is 4.39 Å². The minimum Gasteiger partial charge on any atom is -0.396 e. The number of aliphatic hydroxyl groups excluding tert-OH is 1. The molecule has 2 fully saturated rings. The van der Waals surface area contributed by atoms with Crippen LogP contribution < -0.4 is 5.32 Å². The average Bonchev–Trinajstić information content (AvgIpc) is 2.62. The van der Waals surface area contributed by atoms with Gasteiger partial charge in [-0.05, 0) is 68.7 Å². The van der Waals surface area contributed by atoms with Crippen molar-refractivity contribution in [1.29, 1.82) is 0 Å². The van der Waals surface area contributed by atoms with Crippen molar-refractivity contribution in [2.24, 2.45) is 11.8 Å². The van der Waals surface area contributed by atoms with Crippen LogP contribution in [-0.2, 0) is 11.3 Å². The highest BCUT2D eigenvalue weighted by Crippen LogP contribution is 2.25. The van der Waals surface area contributed by atoms with Gasteiger partial charge in [0.1, 0.15) is 5.82 Å². The van der Waals surface area contributed by atoms with Gasteiger partial charge in [0, 0.05) is 25.7 Å². The molecule has 3 rings (SSSR count). The number of hydrogen-bond donors (Lipinski definition) is 2. The van der Waals surface area contributed by atoms with Gasteiger partial charge in [-0.15, -0.1) is 0 Å². The molecule has 0 radical (unpaired) electrons. The number of carbonyl (C=O) groups excluding carboxylic acids is 1. The maximum atomic E-state index is 13.3. The lowest BCUT2D eigenvalue weighted by atomic mass is 9.86. The minimum absolute atomic E-state index is 0.0258. The highest BCUT2D eigenvalue weighted by Gasteiger charge is 2.28. The molecule has 5 heteroatoms. The zero-order chi connectivity index (χ0) is 17.6. The summed E-state index contributed by atoms with van der Waals surface area (Å²) >= 11 is 0. The SMILES string of the molecule is O=C(NC1CCC(CO)CC1)C1CCCN(Cc2cccc(F)c2)C1. The molecule has 1 aromatic rings. The van der Waals surface area contributed by atoms with Crippen LogP contribution in [0.15, 0.2) is 24.3 Å². The molecule has 0 aromatic heterocycles. The summed E-state index contributed by atoms with van der Waals surface area (Å²) in [5, 5.41) is 12.4. The number of aliphatic hydroxyl groups is 1. The number of nitrogens with one attached hydrogen (secondary N) is 1. The van der Waals surface area contributed by atoms with E-state index in [2.05, 4.69) is 10.2 Å². The van der Waals surface area contributed by atoms with E-state index in [-0.39, 0.29) is 30.3 Å². The molecule has 1 amide bonds. The molecule has 1 aliphatic heterocycles. The molecule has 1 unspecified atom stereocenters. The first-order valence-corrected chi connectivity index (χ1v) is 9.52. The predicted molar refractivity (Wildman–Crippen MR) is 95.4 cm³/mol. The van der Waals surface area contributed by atoms with Crippen LogP contribution in [0.1, 0.15) is 44.1 Å². The highest BCUT2D eigenvalue weighted by atomic mass is 19.1. The van der Waals surface area contributed by atoms with E-state index in [4.69, 9.17) is 0 Å². The molecule has 0 spiro atoms. The molecule has 1 aliphatic carbocycles. The van der Waals surface area contributed by atoms with E-state index in [1.807, 2.05) is 6.07 Å². The first kappa shape index (κ1) is 18.3. The van der Waals surface area contributed by atoms with Crippen LogP contribution in [0.25, 0.3) is 0 Å². The van der Waals surface area contributed by atoms with Crippen LogP contribution in [0.2, 0.25) is 0 Å². The third-order valence-corrected chi connectivity index (χ3v) is 5.62. The van der Waals surface area contributed by atoms with E-state index in [0.717, 1.165) is 57.2 Å². The number of amides is 1. The van der Waals surface area contributed by atoms with Crippen molar-refractivity contribution >= 4 is 5.91 Å². The van der Waals surface area contributed by atoms with Crippen LogP contribution in [0, 0.1) is 17.7 Å². The average molecular weight is 348 g/mol. The van der Waals surface area contributed by atoms with Gasteiger partial charge in [-0.2, -0.15) is 0 Å². The summed E-state index contributed by atoms with van der Waals surface area (Å²) in [7, 11) is 0. The van der Waals surface area contributed by atoms with Gasteiger partial charge in [-0.3, -0.25) is 9.69 Å². The van der Waals surface area contributed by atoms with E-state index >= 15 is 0 Å². The Labute approximate surface area is 149 Å². The van der Waals surface area contributed by atoms with Crippen molar-refractivity contribution in [3.8, 4) is 0 Å². The van der Waals surface area contributed by atoms with Crippen molar-refractivity contribution in [3.05, 3.63) is 35.6 Å². The molecular weight excluding hydrogens is 319 g/mol. The first-order chi connectivity index (χ1) is 12.1. The Bertz CT molecular complexity index is 573. The van der Waals surface area contributed by atoms with E-state index < -0.39 is 0 Å². The Morgan fingerprint density at radius 1 is 1.24 bits per heavy atom. The number of halogens is 1. The van der Waals surface area contributed by atoms with Gasteiger partial charge in [-0.1, -0.05) is 12.1 Å². The molecule has 2 N–H and O–H groups in total. The number of piperidine rings is 1. The molecule has 1 saturated carbocycles. The van der Waals surface area contributed by atoms with Crippen molar-refractivity contribution < 1.29 is 14.3 Å². The van der Waals surface area contributed by atoms with Crippen molar-refractivity contribution in [3.63, 3.8) is 0 Å². The van der Waals surface area contributed by atoms with Crippen molar-refractivity contribution in [2.45, 2.75) is 51.1 Å². The number of hydrogen-bond acceptors (Lipinski definition) is 3. The van der Waals surface area contributed by atoms with Crippen LogP contribution in [0.5, 0.6) is 0 Å².